The summed E-state index contributed by atoms with van der Waals surface area (Å²) in [6.45, 7) is 5.59. The highest BCUT2D eigenvalue weighted by atomic mass is 32.2. The predicted octanol–water partition coefficient (Wildman–Crippen LogP) is 3.50. The molecule has 1 aromatic rings. The number of anilines is 1. The molecule has 5 unspecified atom stereocenters. The van der Waals surface area contributed by atoms with E-state index >= 15 is 0 Å². The van der Waals surface area contributed by atoms with E-state index in [1.54, 1.807) is 0 Å². The van der Waals surface area contributed by atoms with Gasteiger partial charge in [0.1, 0.15) is 0 Å². The summed E-state index contributed by atoms with van der Waals surface area (Å²) in [5.41, 5.74) is 1.17. The van der Waals surface area contributed by atoms with Crippen LogP contribution in [0.4, 0.5) is 5.69 Å². The average Bonchev–Trinajstić information content (AvgIpc) is 2.67. The number of para-hydroxylation sites is 1. The van der Waals surface area contributed by atoms with Crippen LogP contribution in [0.25, 0.3) is 0 Å². The average molecular weight is 357 g/mol. The summed E-state index contributed by atoms with van der Waals surface area (Å²) in [5.74, 6) is 1.46. The first kappa shape index (κ1) is 17.0. The zero-order valence-electron chi connectivity index (χ0n) is 14.9. The van der Waals surface area contributed by atoms with Gasteiger partial charge in [-0.25, -0.2) is 0 Å². The van der Waals surface area contributed by atoms with Gasteiger partial charge < -0.3 is 10.2 Å². The molecule has 3 nitrogen and oxygen atoms in total. The Balaban J connectivity index is 1.66. The summed E-state index contributed by atoms with van der Waals surface area (Å²) in [5, 5.41) is 3.67. The molecule has 0 spiro atoms. The molecule has 2 aliphatic heterocycles. The van der Waals surface area contributed by atoms with Crippen LogP contribution in [0.5, 0.6) is 0 Å². The Morgan fingerprint density at radius 1 is 1.20 bits per heavy atom. The van der Waals surface area contributed by atoms with Crippen molar-refractivity contribution < 1.29 is 4.21 Å². The van der Waals surface area contributed by atoms with Crippen molar-refractivity contribution in [2.45, 2.75) is 42.4 Å². The number of nitrogens with one attached hydrogen (secondary N) is 1. The molecule has 1 aliphatic carbocycles. The minimum absolute atomic E-state index is 0.0704. The highest BCUT2D eigenvalue weighted by Gasteiger charge is 2.39. The van der Waals surface area contributed by atoms with E-state index in [0.717, 1.165) is 30.4 Å². The van der Waals surface area contributed by atoms with Crippen LogP contribution in [-0.2, 0) is 10.8 Å². The first-order valence-corrected chi connectivity index (χ1v) is 10.8. The summed E-state index contributed by atoms with van der Waals surface area (Å²) in [7, 11) is -0.966. The number of hydrogen-bond donors (Lipinski definition) is 1. The second kappa shape index (κ2) is 7.46. The zero-order chi connectivity index (χ0) is 17.2. The third-order valence-electron chi connectivity index (χ3n) is 5.91. The molecule has 2 heterocycles. The monoisotopic (exact) mass is 356 g/mol. The van der Waals surface area contributed by atoms with Gasteiger partial charge in [0.25, 0.3) is 0 Å². The smallest absolute Gasteiger partial charge is 0.0818 e. The lowest BCUT2D eigenvalue weighted by atomic mass is 9.82. The van der Waals surface area contributed by atoms with E-state index in [1.165, 1.54) is 24.9 Å². The van der Waals surface area contributed by atoms with Crippen LogP contribution in [0, 0.1) is 11.8 Å². The summed E-state index contributed by atoms with van der Waals surface area (Å²) in [4.78, 5) is 3.53. The number of hydrogen-bond acceptors (Lipinski definition) is 3. The Morgan fingerprint density at radius 3 is 2.92 bits per heavy atom. The lowest BCUT2D eigenvalue weighted by Gasteiger charge is -2.45. The Kier molecular flexibility index (Phi) is 5.09. The van der Waals surface area contributed by atoms with Crippen molar-refractivity contribution >= 4 is 16.5 Å². The number of rotatable bonds is 4. The molecular formula is C21H28N2OS. The van der Waals surface area contributed by atoms with Gasteiger partial charge in [-0.2, -0.15) is 0 Å². The second-order valence-corrected chi connectivity index (χ2v) is 9.02. The summed E-state index contributed by atoms with van der Waals surface area (Å²) in [6.07, 6.45) is 12.4. The molecule has 4 heteroatoms. The summed E-state index contributed by atoms with van der Waals surface area (Å²) >= 11 is 0. The van der Waals surface area contributed by atoms with Gasteiger partial charge in [0, 0.05) is 6.54 Å². The van der Waals surface area contributed by atoms with Crippen LogP contribution in [0.1, 0.15) is 26.2 Å². The largest absolute Gasteiger partial charge is 0.362 e. The third kappa shape index (κ3) is 3.22. The fourth-order valence-corrected chi connectivity index (χ4v) is 6.26. The molecule has 1 N–H and O–H groups in total. The topological polar surface area (TPSA) is 32.3 Å². The van der Waals surface area contributed by atoms with Crippen molar-refractivity contribution in [1.82, 2.24) is 5.32 Å². The molecule has 1 fully saturated rings. The predicted molar refractivity (Wildman–Crippen MR) is 105 cm³/mol. The molecule has 1 aromatic carbocycles. The normalized spacial score (nSPS) is 33.8. The summed E-state index contributed by atoms with van der Waals surface area (Å²) < 4.78 is 13.0. The SMILES string of the molecule is CCCC1CCNCC1CN1c2ccccc2S(=O)C2C=CC=CC21. The van der Waals surface area contributed by atoms with E-state index in [0.29, 0.717) is 5.92 Å². The van der Waals surface area contributed by atoms with Crippen molar-refractivity contribution in [1.29, 1.82) is 0 Å². The maximum absolute atomic E-state index is 13.0. The van der Waals surface area contributed by atoms with E-state index in [2.05, 4.69) is 47.5 Å². The number of benzene rings is 1. The van der Waals surface area contributed by atoms with Crippen molar-refractivity contribution in [3.05, 3.63) is 48.6 Å². The number of fused-ring (bicyclic) bond motifs is 2. The fourth-order valence-electron chi connectivity index (χ4n) is 4.64. The lowest BCUT2D eigenvalue weighted by molar-refractivity contribution is 0.238. The van der Waals surface area contributed by atoms with Gasteiger partial charge in [0.15, 0.2) is 0 Å². The molecule has 0 radical (unpaired) electrons. The van der Waals surface area contributed by atoms with Crippen LogP contribution in [0.3, 0.4) is 0 Å². The van der Waals surface area contributed by atoms with Crippen LogP contribution in [0.15, 0.2) is 53.5 Å². The summed E-state index contributed by atoms with van der Waals surface area (Å²) in [6, 6.07) is 8.50. The fraction of sp³-hybridized carbons (Fsp3) is 0.524. The van der Waals surface area contributed by atoms with Crippen molar-refractivity contribution in [3.8, 4) is 0 Å². The molecule has 5 atom stereocenters. The van der Waals surface area contributed by atoms with Gasteiger partial charge in [-0.05, 0) is 43.5 Å². The van der Waals surface area contributed by atoms with Crippen molar-refractivity contribution in [2.75, 3.05) is 24.5 Å². The van der Waals surface area contributed by atoms with Gasteiger partial charge in [-0.3, -0.25) is 4.21 Å². The molecule has 0 saturated carbocycles. The number of nitrogens with zero attached hydrogens (tertiary/aromatic N) is 1. The Hall–Kier alpha value is -1.39. The lowest BCUT2D eigenvalue weighted by Crippen LogP contribution is -2.52. The van der Waals surface area contributed by atoms with E-state index in [4.69, 9.17) is 0 Å². The van der Waals surface area contributed by atoms with Crippen LogP contribution >= 0.6 is 0 Å². The van der Waals surface area contributed by atoms with E-state index in [1.807, 2.05) is 18.2 Å². The second-order valence-electron chi connectivity index (χ2n) is 7.44. The maximum Gasteiger partial charge on any atom is 0.0818 e. The van der Waals surface area contributed by atoms with Gasteiger partial charge in [0.05, 0.1) is 32.7 Å². The molecule has 25 heavy (non-hydrogen) atoms. The van der Waals surface area contributed by atoms with Crippen molar-refractivity contribution in [2.24, 2.45) is 11.8 Å². The minimum Gasteiger partial charge on any atom is -0.362 e. The van der Waals surface area contributed by atoms with Gasteiger partial charge >= 0.3 is 0 Å². The third-order valence-corrected chi connectivity index (χ3v) is 7.62. The van der Waals surface area contributed by atoms with E-state index < -0.39 is 10.8 Å². The quantitative estimate of drug-likeness (QED) is 0.896. The molecule has 1 saturated heterocycles. The first-order valence-electron chi connectivity index (χ1n) is 9.61. The van der Waals surface area contributed by atoms with Crippen LogP contribution < -0.4 is 10.2 Å². The van der Waals surface area contributed by atoms with Crippen molar-refractivity contribution in [3.63, 3.8) is 0 Å². The highest BCUT2D eigenvalue weighted by Crippen LogP contribution is 2.38. The van der Waals surface area contributed by atoms with Gasteiger partial charge in [0.2, 0.25) is 0 Å². The van der Waals surface area contributed by atoms with Gasteiger partial charge in [-0.1, -0.05) is 56.2 Å². The molecule has 0 amide bonds. The van der Waals surface area contributed by atoms with Gasteiger partial charge in [-0.15, -0.1) is 0 Å². The van der Waals surface area contributed by atoms with E-state index in [-0.39, 0.29) is 11.3 Å². The Morgan fingerprint density at radius 2 is 2.04 bits per heavy atom. The maximum atomic E-state index is 13.0. The van der Waals surface area contributed by atoms with Crippen LogP contribution in [-0.4, -0.2) is 35.1 Å². The molecule has 134 valence electrons. The molecule has 0 aromatic heterocycles. The first-order chi connectivity index (χ1) is 12.3. The minimum atomic E-state index is -0.966. The standard InChI is InChI=1S/C21H28N2OS/c1-2-7-16-12-13-22-14-17(16)15-23-18-8-3-5-10-20(18)25(24)21-11-6-4-9-19(21)23/h3-6,8-11,16-18,20,22H,2,7,12-15H2,1H3. The molecular weight excluding hydrogens is 328 g/mol. The Bertz CT molecular complexity index is 697. The number of allylic oxidation sites excluding steroid dienone is 2. The molecule has 4 rings (SSSR count). The number of piperidine rings is 1. The Labute approximate surface area is 153 Å². The highest BCUT2D eigenvalue weighted by molar-refractivity contribution is 7.86. The van der Waals surface area contributed by atoms with Crippen LogP contribution in [0.2, 0.25) is 0 Å². The molecule has 3 aliphatic rings. The molecule has 0 bridgehead atoms. The van der Waals surface area contributed by atoms with E-state index in [9.17, 15) is 4.21 Å². The zero-order valence-corrected chi connectivity index (χ0v) is 15.8.